The number of nitrogens with zero attached hydrogens (tertiary/aromatic N) is 2. The molecule has 0 saturated carbocycles. The number of benzene rings is 1. The number of thiophene rings is 1. The molecule has 1 unspecified atom stereocenters. The van der Waals surface area contributed by atoms with Crippen molar-refractivity contribution in [1.82, 2.24) is 4.90 Å². The van der Waals surface area contributed by atoms with E-state index in [0.717, 1.165) is 48.5 Å². The quantitative estimate of drug-likeness (QED) is 0.697. The van der Waals surface area contributed by atoms with Crippen molar-refractivity contribution in [3.05, 3.63) is 40.3 Å². The molecule has 2 amide bonds. The number of aryl methyl sites for hydroxylation is 1. The minimum atomic E-state index is -0.469. The molecule has 1 aromatic heterocycles. The Morgan fingerprint density at radius 3 is 2.59 bits per heavy atom. The zero-order valence-electron chi connectivity index (χ0n) is 16.5. The number of primary amides is 1. The van der Waals surface area contributed by atoms with Crippen molar-refractivity contribution in [2.45, 2.75) is 32.2 Å². The second-order valence-corrected chi connectivity index (χ2v) is 8.71. The van der Waals surface area contributed by atoms with Crippen LogP contribution < -0.4 is 16.0 Å². The van der Waals surface area contributed by atoms with E-state index in [1.807, 2.05) is 25.1 Å². The molecule has 0 radical (unpaired) electrons. The molecule has 2 heterocycles. The number of aromatic hydroxyl groups is 1. The molecule has 4 N–H and O–H groups in total. The Morgan fingerprint density at radius 2 is 1.90 bits per heavy atom. The van der Waals surface area contributed by atoms with Crippen LogP contribution >= 0.6 is 11.3 Å². The van der Waals surface area contributed by atoms with E-state index in [1.54, 1.807) is 6.07 Å². The number of para-hydroxylation sites is 2. The lowest BCUT2D eigenvalue weighted by Crippen LogP contribution is -2.52. The summed E-state index contributed by atoms with van der Waals surface area (Å²) in [6.45, 7) is 4.78. The summed E-state index contributed by atoms with van der Waals surface area (Å²) in [5, 5.41) is 13.6. The molecule has 0 bridgehead atoms. The van der Waals surface area contributed by atoms with Gasteiger partial charge in [-0.3, -0.25) is 14.5 Å². The highest BCUT2D eigenvalue weighted by molar-refractivity contribution is 7.17. The monoisotopic (exact) mass is 414 g/mol. The molecule has 1 aliphatic carbocycles. The van der Waals surface area contributed by atoms with E-state index in [4.69, 9.17) is 5.73 Å². The third kappa shape index (κ3) is 3.82. The molecule has 0 spiro atoms. The first-order valence-corrected chi connectivity index (χ1v) is 10.8. The number of nitrogens with two attached hydrogens (primary N) is 1. The average molecular weight is 415 g/mol. The number of phenols is 1. The van der Waals surface area contributed by atoms with Gasteiger partial charge in [0.2, 0.25) is 5.91 Å². The van der Waals surface area contributed by atoms with Gasteiger partial charge in [0.1, 0.15) is 10.8 Å². The van der Waals surface area contributed by atoms with Gasteiger partial charge < -0.3 is 21.1 Å². The molecular formula is C21H26N4O3S. The molecular weight excluding hydrogens is 388 g/mol. The number of hydrogen-bond acceptors (Lipinski definition) is 6. The topological polar surface area (TPSA) is 98.9 Å². The Labute approximate surface area is 174 Å². The minimum Gasteiger partial charge on any atom is -0.506 e. The third-order valence-electron chi connectivity index (χ3n) is 5.87. The van der Waals surface area contributed by atoms with Gasteiger partial charge in [-0.15, -0.1) is 11.3 Å². The van der Waals surface area contributed by atoms with Gasteiger partial charge in [0.25, 0.3) is 5.91 Å². The molecule has 2 aliphatic rings. The SMILES string of the molecule is CC(C(=O)Nc1sc2c(c1C(N)=O)CCC2)N1CCN(c2ccccc2O)CC1. The summed E-state index contributed by atoms with van der Waals surface area (Å²) in [6, 6.07) is 6.99. The largest absolute Gasteiger partial charge is 0.506 e. The van der Waals surface area contributed by atoms with E-state index >= 15 is 0 Å². The maximum Gasteiger partial charge on any atom is 0.251 e. The number of amides is 2. The fourth-order valence-corrected chi connectivity index (χ4v) is 5.51. The molecule has 1 saturated heterocycles. The predicted octanol–water partition coefficient (Wildman–Crippen LogP) is 2.19. The summed E-state index contributed by atoms with van der Waals surface area (Å²) in [4.78, 5) is 30.2. The van der Waals surface area contributed by atoms with Gasteiger partial charge in [0, 0.05) is 31.1 Å². The maximum atomic E-state index is 12.9. The lowest BCUT2D eigenvalue weighted by Gasteiger charge is -2.38. The third-order valence-corrected chi connectivity index (χ3v) is 7.08. The van der Waals surface area contributed by atoms with Gasteiger partial charge in [-0.05, 0) is 43.9 Å². The van der Waals surface area contributed by atoms with Gasteiger partial charge >= 0.3 is 0 Å². The Bertz CT molecular complexity index is 934. The maximum absolute atomic E-state index is 12.9. The molecule has 4 rings (SSSR count). The van der Waals surface area contributed by atoms with E-state index in [2.05, 4.69) is 15.1 Å². The van der Waals surface area contributed by atoms with Crippen molar-refractivity contribution in [2.24, 2.45) is 5.73 Å². The van der Waals surface area contributed by atoms with Gasteiger partial charge in [-0.25, -0.2) is 0 Å². The molecule has 1 atom stereocenters. The van der Waals surface area contributed by atoms with Crippen LogP contribution in [0.15, 0.2) is 24.3 Å². The molecule has 8 heteroatoms. The number of hydrogen-bond donors (Lipinski definition) is 3. The molecule has 1 fully saturated rings. The van der Waals surface area contributed by atoms with Crippen LogP contribution in [0.4, 0.5) is 10.7 Å². The number of phenolic OH excluding ortho intramolecular Hbond substituents is 1. The lowest BCUT2D eigenvalue weighted by atomic mass is 10.1. The lowest BCUT2D eigenvalue weighted by molar-refractivity contribution is -0.120. The number of rotatable bonds is 5. The summed E-state index contributed by atoms with van der Waals surface area (Å²) in [5.41, 5.74) is 7.92. The van der Waals surface area contributed by atoms with Gasteiger partial charge in [-0.1, -0.05) is 12.1 Å². The van der Waals surface area contributed by atoms with Crippen molar-refractivity contribution >= 4 is 33.8 Å². The zero-order valence-corrected chi connectivity index (χ0v) is 17.3. The second kappa shape index (κ2) is 8.04. The molecule has 7 nitrogen and oxygen atoms in total. The van der Waals surface area contributed by atoms with Crippen LogP contribution in [-0.2, 0) is 17.6 Å². The van der Waals surface area contributed by atoms with E-state index < -0.39 is 5.91 Å². The Kier molecular flexibility index (Phi) is 5.47. The number of piperazine rings is 1. The first-order chi connectivity index (χ1) is 14.0. The standard InChI is InChI=1S/C21H26N4O3S/c1-13(24-9-11-25(12-10-24)15-6-2-3-7-16(15)26)20(28)23-21-18(19(22)27)14-5-4-8-17(14)29-21/h2-3,6-7,13,26H,4-5,8-12H2,1H3,(H2,22,27)(H,23,28). The summed E-state index contributed by atoms with van der Waals surface area (Å²) in [7, 11) is 0. The molecule has 1 aromatic carbocycles. The molecule has 2 aromatic rings. The van der Waals surface area contributed by atoms with E-state index in [-0.39, 0.29) is 17.7 Å². The summed E-state index contributed by atoms with van der Waals surface area (Å²) in [6.07, 6.45) is 2.83. The van der Waals surface area contributed by atoms with E-state index in [0.29, 0.717) is 23.7 Å². The fourth-order valence-electron chi connectivity index (χ4n) is 4.22. The minimum absolute atomic E-state index is 0.122. The van der Waals surface area contributed by atoms with Crippen LogP contribution in [0.5, 0.6) is 5.75 Å². The predicted molar refractivity (Wildman–Crippen MR) is 115 cm³/mol. The number of anilines is 2. The number of carbonyl (C=O) groups excluding carboxylic acids is 2. The smallest absolute Gasteiger partial charge is 0.251 e. The van der Waals surface area contributed by atoms with Crippen molar-refractivity contribution in [3.63, 3.8) is 0 Å². The van der Waals surface area contributed by atoms with Crippen molar-refractivity contribution < 1.29 is 14.7 Å². The Morgan fingerprint density at radius 1 is 1.17 bits per heavy atom. The first-order valence-electron chi connectivity index (χ1n) is 9.98. The van der Waals surface area contributed by atoms with Crippen LogP contribution in [0.2, 0.25) is 0 Å². The van der Waals surface area contributed by atoms with Gasteiger partial charge in [0.05, 0.1) is 17.3 Å². The van der Waals surface area contributed by atoms with Crippen LogP contribution in [-0.4, -0.2) is 54.0 Å². The number of nitrogens with one attached hydrogen (secondary N) is 1. The second-order valence-electron chi connectivity index (χ2n) is 7.60. The van der Waals surface area contributed by atoms with Crippen LogP contribution in [0.1, 0.15) is 34.1 Å². The number of fused-ring (bicyclic) bond motifs is 1. The van der Waals surface area contributed by atoms with Crippen LogP contribution in [0.25, 0.3) is 0 Å². The Balaban J connectivity index is 1.40. The zero-order chi connectivity index (χ0) is 20.5. The average Bonchev–Trinajstić information content (AvgIpc) is 3.28. The highest BCUT2D eigenvalue weighted by Crippen LogP contribution is 2.39. The highest BCUT2D eigenvalue weighted by Gasteiger charge is 2.30. The van der Waals surface area contributed by atoms with Crippen molar-refractivity contribution in [1.29, 1.82) is 0 Å². The summed E-state index contributed by atoms with van der Waals surface area (Å²) in [5.74, 6) is -0.316. The summed E-state index contributed by atoms with van der Waals surface area (Å²) < 4.78 is 0. The first kappa shape index (κ1) is 19.7. The summed E-state index contributed by atoms with van der Waals surface area (Å²) >= 11 is 1.48. The van der Waals surface area contributed by atoms with Crippen molar-refractivity contribution in [2.75, 3.05) is 36.4 Å². The van der Waals surface area contributed by atoms with Gasteiger partial charge in [-0.2, -0.15) is 0 Å². The fraction of sp³-hybridized carbons (Fsp3) is 0.429. The van der Waals surface area contributed by atoms with Crippen LogP contribution in [0.3, 0.4) is 0 Å². The highest BCUT2D eigenvalue weighted by atomic mass is 32.1. The molecule has 154 valence electrons. The molecule has 1 aliphatic heterocycles. The number of carbonyl (C=O) groups is 2. The van der Waals surface area contributed by atoms with Gasteiger partial charge in [0.15, 0.2) is 0 Å². The van der Waals surface area contributed by atoms with Crippen molar-refractivity contribution in [3.8, 4) is 5.75 Å². The van der Waals surface area contributed by atoms with E-state index in [1.165, 1.54) is 11.3 Å². The Hall–Kier alpha value is -2.58. The van der Waals surface area contributed by atoms with E-state index in [9.17, 15) is 14.7 Å². The normalized spacial score (nSPS) is 17.8. The van der Waals surface area contributed by atoms with Crippen LogP contribution in [0, 0.1) is 0 Å². The molecule has 29 heavy (non-hydrogen) atoms.